The van der Waals surface area contributed by atoms with Gasteiger partial charge in [0, 0.05) is 32.1 Å². The minimum atomic E-state index is -3.69. The van der Waals surface area contributed by atoms with E-state index in [0.717, 1.165) is 5.56 Å². The number of piperidine rings is 2. The molecule has 9 heteroatoms. The summed E-state index contributed by atoms with van der Waals surface area (Å²) in [6.45, 7) is 7.19. The Morgan fingerprint density at radius 3 is 2.58 bits per heavy atom. The minimum absolute atomic E-state index is 0.00396. The zero-order valence-corrected chi connectivity index (χ0v) is 19.0. The van der Waals surface area contributed by atoms with Gasteiger partial charge in [-0.1, -0.05) is 32.9 Å². The zero-order valence-electron chi connectivity index (χ0n) is 18.2. The molecule has 0 saturated carbocycles. The molecule has 1 aromatic rings. The van der Waals surface area contributed by atoms with E-state index in [1.165, 1.54) is 0 Å². The largest absolute Gasteiger partial charge is 0.352 e. The summed E-state index contributed by atoms with van der Waals surface area (Å²) in [4.78, 5) is 26.3. The lowest BCUT2D eigenvalue weighted by atomic mass is 9.80. The highest BCUT2D eigenvalue weighted by molar-refractivity contribution is 7.89. The number of nitrogens with one attached hydrogen (secondary N) is 2. The standard InChI is InChI=1S/C22H30N4O4S/c1-22(2,3)17-4-6-18(7-5-17)31(29,30)24-10-8-20(27)26-11-9-19-16(14-26)12-15(13-23)21(28)25-19/h4-7,15-16,19,24H,8-12,14H2,1-3H3,(H,25,28). The van der Waals surface area contributed by atoms with Crippen LogP contribution in [0.1, 0.15) is 45.6 Å². The first-order valence-corrected chi connectivity index (χ1v) is 12.1. The van der Waals surface area contributed by atoms with E-state index in [2.05, 4.69) is 30.8 Å². The Morgan fingerprint density at radius 1 is 1.29 bits per heavy atom. The average Bonchev–Trinajstić information content (AvgIpc) is 2.72. The van der Waals surface area contributed by atoms with Crippen molar-refractivity contribution in [1.82, 2.24) is 14.9 Å². The first-order valence-electron chi connectivity index (χ1n) is 10.6. The van der Waals surface area contributed by atoms with Crippen LogP contribution in [0.3, 0.4) is 0 Å². The zero-order chi connectivity index (χ0) is 22.8. The molecule has 8 nitrogen and oxygen atoms in total. The third kappa shape index (κ3) is 5.43. The third-order valence-corrected chi connectivity index (χ3v) is 7.56. The second-order valence-corrected chi connectivity index (χ2v) is 11.1. The van der Waals surface area contributed by atoms with Gasteiger partial charge in [-0.05, 0) is 41.9 Å². The number of fused-ring (bicyclic) bond motifs is 1. The molecule has 0 aromatic heterocycles. The molecular weight excluding hydrogens is 416 g/mol. The number of nitriles is 1. The molecule has 31 heavy (non-hydrogen) atoms. The van der Waals surface area contributed by atoms with Crippen molar-refractivity contribution in [2.75, 3.05) is 19.6 Å². The van der Waals surface area contributed by atoms with Crippen LogP contribution in [0.5, 0.6) is 0 Å². The average molecular weight is 447 g/mol. The molecule has 2 aliphatic rings. The highest BCUT2D eigenvalue weighted by atomic mass is 32.2. The van der Waals surface area contributed by atoms with E-state index in [1.807, 2.05) is 6.07 Å². The molecule has 2 saturated heterocycles. The first kappa shape index (κ1) is 23.2. The monoisotopic (exact) mass is 446 g/mol. The van der Waals surface area contributed by atoms with Crippen molar-refractivity contribution >= 4 is 21.8 Å². The van der Waals surface area contributed by atoms with Gasteiger partial charge in [-0.3, -0.25) is 9.59 Å². The molecule has 0 bridgehead atoms. The Kier molecular flexibility index (Phi) is 6.72. The van der Waals surface area contributed by atoms with Crippen LogP contribution in [-0.2, 0) is 25.0 Å². The molecule has 0 aliphatic carbocycles. The quantitative estimate of drug-likeness (QED) is 0.711. The molecular formula is C22H30N4O4S. The molecule has 2 fully saturated rings. The van der Waals surface area contributed by atoms with Crippen LogP contribution in [-0.4, -0.2) is 50.8 Å². The van der Waals surface area contributed by atoms with Gasteiger partial charge in [0.25, 0.3) is 0 Å². The number of nitrogens with zero attached hydrogens (tertiary/aromatic N) is 2. The lowest BCUT2D eigenvalue weighted by Gasteiger charge is -2.42. The molecule has 3 rings (SSSR count). The molecule has 3 atom stereocenters. The maximum Gasteiger partial charge on any atom is 0.240 e. The maximum absolute atomic E-state index is 12.6. The lowest BCUT2D eigenvalue weighted by Crippen LogP contribution is -2.57. The lowest BCUT2D eigenvalue weighted by molar-refractivity contribution is -0.135. The predicted molar refractivity (Wildman–Crippen MR) is 115 cm³/mol. The number of rotatable bonds is 5. The Labute approximate surface area is 184 Å². The van der Waals surface area contributed by atoms with Crippen molar-refractivity contribution in [3.63, 3.8) is 0 Å². The summed E-state index contributed by atoms with van der Waals surface area (Å²) in [5.41, 5.74) is 0.979. The summed E-state index contributed by atoms with van der Waals surface area (Å²) in [7, 11) is -3.69. The summed E-state index contributed by atoms with van der Waals surface area (Å²) >= 11 is 0. The number of hydrogen-bond acceptors (Lipinski definition) is 5. The van der Waals surface area contributed by atoms with Gasteiger partial charge >= 0.3 is 0 Å². The molecule has 168 valence electrons. The van der Waals surface area contributed by atoms with Crippen LogP contribution in [0.15, 0.2) is 29.2 Å². The van der Waals surface area contributed by atoms with Crippen molar-refractivity contribution in [3.8, 4) is 6.07 Å². The van der Waals surface area contributed by atoms with Crippen LogP contribution in [0.2, 0.25) is 0 Å². The smallest absolute Gasteiger partial charge is 0.240 e. The summed E-state index contributed by atoms with van der Waals surface area (Å²) in [6, 6.07) is 8.79. The molecule has 2 N–H and O–H groups in total. The molecule has 0 spiro atoms. The van der Waals surface area contributed by atoms with Crippen LogP contribution in [0, 0.1) is 23.2 Å². The van der Waals surface area contributed by atoms with Crippen LogP contribution >= 0.6 is 0 Å². The molecule has 1 aromatic carbocycles. The summed E-state index contributed by atoms with van der Waals surface area (Å²) in [5.74, 6) is -0.978. The number of likely N-dealkylation sites (tertiary alicyclic amines) is 1. The highest BCUT2D eigenvalue weighted by Crippen LogP contribution is 2.28. The van der Waals surface area contributed by atoms with E-state index in [-0.39, 0.29) is 47.1 Å². The van der Waals surface area contributed by atoms with Gasteiger partial charge in [-0.15, -0.1) is 0 Å². The van der Waals surface area contributed by atoms with E-state index in [1.54, 1.807) is 29.2 Å². The van der Waals surface area contributed by atoms with E-state index in [4.69, 9.17) is 5.26 Å². The van der Waals surface area contributed by atoms with E-state index in [0.29, 0.717) is 25.9 Å². The summed E-state index contributed by atoms with van der Waals surface area (Å²) in [6.07, 6.45) is 1.16. The van der Waals surface area contributed by atoms with E-state index < -0.39 is 15.9 Å². The van der Waals surface area contributed by atoms with Crippen molar-refractivity contribution < 1.29 is 18.0 Å². The Balaban J connectivity index is 1.52. The fourth-order valence-corrected chi connectivity index (χ4v) is 5.19. The van der Waals surface area contributed by atoms with Crippen molar-refractivity contribution in [2.45, 2.75) is 56.4 Å². The molecule has 3 unspecified atom stereocenters. The van der Waals surface area contributed by atoms with Gasteiger partial charge < -0.3 is 10.2 Å². The van der Waals surface area contributed by atoms with Crippen molar-refractivity contribution in [3.05, 3.63) is 29.8 Å². The predicted octanol–water partition coefficient (Wildman–Crippen LogP) is 1.53. The van der Waals surface area contributed by atoms with Crippen LogP contribution in [0.25, 0.3) is 0 Å². The molecule has 0 radical (unpaired) electrons. The fourth-order valence-electron chi connectivity index (χ4n) is 4.16. The molecule has 2 heterocycles. The first-order chi connectivity index (χ1) is 14.5. The van der Waals surface area contributed by atoms with Crippen molar-refractivity contribution in [1.29, 1.82) is 5.26 Å². The Bertz CT molecular complexity index is 976. The normalized spacial score (nSPS) is 24.1. The van der Waals surface area contributed by atoms with Crippen LogP contribution in [0.4, 0.5) is 0 Å². The van der Waals surface area contributed by atoms with Gasteiger partial charge in [0.2, 0.25) is 21.8 Å². The topological polar surface area (TPSA) is 119 Å². The van der Waals surface area contributed by atoms with E-state index >= 15 is 0 Å². The SMILES string of the molecule is CC(C)(C)c1ccc(S(=O)(=O)NCCC(=O)N2CCC3NC(=O)C(C#N)CC3C2)cc1. The number of hydrogen-bond donors (Lipinski definition) is 2. The maximum atomic E-state index is 12.6. The second kappa shape index (κ2) is 8.97. The van der Waals surface area contributed by atoms with E-state index in [9.17, 15) is 18.0 Å². The minimum Gasteiger partial charge on any atom is -0.352 e. The summed E-state index contributed by atoms with van der Waals surface area (Å²) < 4.78 is 27.6. The highest BCUT2D eigenvalue weighted by Gasteiger charge is 2.39. The van der Waals surface area contributed by atoms with Crippen molar-refractivity contribution in [2.24, 2.45) is 11.8 Å². The fraction of sp³-hybridized carbons (Fsp3) is 0.591. The Hall–Kier alpha value is -2.44. The number of carbonyl (C=O) groups is 2. The second-order valence-electron chi connectivity index (χ2n) is 9.34. The number of benzene rings is 1. The number of amides is 2. The molecule has 2 amide bonds. The van der Waals surface area contributed by atoms with Gasteiger partial charge in [-0.2, -0.15) is 5.26 Å². The third-order valence-electron chi connectivity index (χ3n) is 6.09. The van der Waals surface area contributed by atoms with Gasteiger partial charge in [0.1, 0.15) is 5.92 Å². The van der Waals surface area contributed by atoms with Gasteiger partial charge in [-0.25, -0.2) is 13.1 Å². The van der Waals surface area contributed by atoms with Gasteiger partial charge in [0.05, 0.1) is 11.0 Å². The van der Waals surface area contributed by atoms with Crippen LogP contribution < -0.4 is 10.0 Å². The molecule has 2 aliphatic heterocycles. The Morgan fingerprint density at radius 2 is 1.97 bits per heavy atom. The number of carbonyl (C=O) groups excluding carboxylic acids is 2. The number of sulfonamides is 1. The van der Waals surface area contributed by atoms with Gasteiger partial charge in [0.15, 0.2) is 0 Å². The summed E-state index contributed by atoms with van der Waals surface area (Å²) in [5, 5.41) is 12.0.